The van der Waals surface area contributed by atoms with Crippen LogP contribution in [-0.2, 0) is 0 Å². The summed E-state index contributed by atoms with van der Waals surface area (Å²) in [7, 11) is 0. The SMILES string of the molecule is CC(O)C1CCN(c2ccccc2N)C1. The third-order valence-electron chi connectivity index (χ3n) is 3.18. The van der Waals surface area contributed by atoms with Gasteiger partial charge in [0.05, 0.1) is 17.5 Å². The van der Waals surface area contributed by atoms with Crippen molar-refractivity contribution in [2.75, 3.05) is 23.7 Å². The fraction of sp³-hybridized carbons (Fsp3) is 0.500. The summed E-state index contributed by atoms with van der Waals surface area (Å²) in [4.78, 5) is 2.26. The fourth-order valence-corrected chi connectivity index (χ4v) is 2.18. The van der Waals surface area contributed by atoms with Crippen LogP contribution in [0.1, 0.15) is 13.3 Å². The maximum absolute atomic E-state index is 9.53. The number of nitrogens with two attached hydrogens (primary N) is 1. The molecule has 15 heavy (non-hydrogen) atoms. The summed E-state index contributed by atoms with van der Waals surface area (Å²) in [6.45, 7) is 3.76. The zero-order chi connectivity index (χ0) is 10.8. The maximum Gasteiger partial charge on any atom is 0.0600 e. The summed E-state index contributed by atoms with van der Waals surface area (Å²) in [5.74, 6) is 0.379. The second-order valence-corrected chi connectivity index (χ2v) is 4.29. The van der Waals surface area contributed by atoms with Crippen molar-refractivity contribution >= 4 is 11.4 Å². The van der Waals surface area contributed by atoms with Crippen molar-refractivity contribution < 1.29 is 5.11 Å². The molecule has 0 aliphatic carbocycles. The summed E-state index contributed by atoms with van der Waals surface area (Å²) < 4.78 is 0. The summed E-state index contributed by atoms with van der Waals surface area (Å²) in [6.07, 6.45) is 0.825. The van der Waals surface area contributed by atoms with Gasteiger partial charge in [0.1, 0.15) is 0 Å². The molecule has 1 fully saturated rings. The topological polar surface area (TPSA) is 49.5 Å². The smallest absolute Gasteiger partial charge is 0.0600 e. The highest BCUT2D eigenvalue weighted by Gasteiger charge is 2.26. The highest BCUT2D eigenvalue weighted by Crippen LogP contribution is 2.29. The Kier molecular flexibility index (Phi) is 2.82. The molecule has 0 radical (unpaired) electrons. The number of hydrogen-bond acceptors (Lipinski definition) is 3. The lowest BCUT2D eigenvalue weighted by Crippen LogP contribution is -2.24. The Morgan fingerprint density at radius 3 is 2.80 bits per heavy atom. The number of anilines is 2. The summed E-state index contributed by atoms with van der Waals surface area (Å²) >= 11 is 0. The van der Waals surface area contributed by atoms with E-state index in [1.54, 1.807) is 0 Å². The predicted molar refractivity (Wildman–Crippen MR) is 62.9 cm³/mol. The minimum absolute atomic E-state index is 0.222. The van der Waals surface area contributed by atoms with E-state index in [1.807, 2.05) is 31.2 Å². The van der Waals surface area contributed by atoms with E-state index in [1.165, 1.54) is 0 Å². The quantitative estimate of drug-likeness (QED) is 0.720. The first kappa shape index (κ1) is 10.3. The molecule has 2 atom stereocenters. The van der Waals surface area contributed by atoms with Gasteiger partial charge in [0.2, 0.25) is 0 Å². The van der Waals surface area contributed by atoms with Crippen LogP contribution in [0, 0.1) is 5.92 Å². The first-order valence-corrected chi connectivity index (χ1v) is 5.46. The van der Waals surface area contributed by atoms with Crippen molar-refractivity contribution in [3.63, 3.8) is 0 Å². The Morgan fingerprint density at radius 1 is 1.47 bits per heavy atom. The molecule has 1 aliphatic heterocycles. The van der Waals surface area contributed by atoms with E-state index in [4.69, 9.17) is 5.73 Å². The number of aliphatic hydroxyl groups excluding tert-OH is 1. The molecule has 0 saturated carbocycles. The van der Waals surface area contributed by atoms with Crippen molar-refractivity contribution in [2.24, 2.45) is 5.92 Å². The van der Waals surface area contributed by atoms with Crippen molar-refractivity contribution in [1.29, 1.82) is 0 Å². The van der Waals surface area contributed by atoms with Crippen molar-refractivity contribution in [3.8, 4) is 0 Å². The monoisotopic (exact) mass is 206 g/mol. The molecule has 1 aromatic rings. The number of nitrogen functional groups attached to an aromatic ring is 1. The van der Waals surface area contributed by atoms with Crippen LogP contribution in [0.25, 0.3) is 0 Å². The van der Waals surface area contributed by atoms with Crippen LogP contribution < -0.4 is 10.6 Å². The lowest BCUT2D eigenvalue weighted by Gasteiger charge is -2.21. The molecule has 1 saturated heterocycles. The Labute approximate surface area is 90.5 Å². The number of hydrogen-bond donors (Lipinski definition) is 2. The third kappa shape index (κ3) is 2.07. The number of para-hydroxylation sites is 2. The molecule has 3 heteroatoms. The predicted octanol–water partition coefficient (Wildman–Crippen LogP) is 1.48. The van der Waals surface area contributed by atoms with Gasteiger partial charge >= 0.3 is 0 Å². The van der Waals surface area contributed by atoms with Crippen LogP contribution in [0.15, 0.2) is 24.3 Å². The largest absolute Gasteiger partial charge is 0.397 e. The molecule has 1 heterocycles. The summed E-state index contributed by atoms with van der Waals surface area (Å²) in [5.41, 5.74) is 7.84. The Morgan fingerprint density at radius 2 is 2.20 bits per heavy atom. The minimum atomic E-state index is -0.222. The van der Waals surface area contributed by atoms with Crippen LogP contribution in [0.2, 0.25) is 0 Å². The van der Waals surface area contributed by atoms with E-state index in [2.05, 4.69) is 4.90 Å². The van der Waals surface area contributed by atoms with Crippen LogP contribution in [0.3, 0.4) is 0 Å². The van der Waals surface area contributed by atoms with Crippen molar-refractivity contribution in [1.82, 2.24) is 0 Å². The lowest BCUT2D eigenvalue weighted by atomic mass is 10.0. The fourth-order valence-electron chi connectivity index (χ4n) is 2.18. The first-order valence-electron chi connectivity index (χ1n) is 5.46. The molecule has 0 amide bonds. The number of nitrogens with zero attached hydrogens (tertiary/aromatic N) is 1. The van der Waals surface area contributed by atoms with Gasteiger partial charge in [-0.1, -0.05) is 12.1 Å². The van der Waals surface area contributed by atoms with Crippen LogP contribution in [-0.4, -0.2) is 24.3 Å². The summed E-state index contributed by atoms with van der Waals surface area (Å²) in [6, 6.07) is 7.91. The molecule has 2 rings (SSSR count). The Bertz CT molecular complexity index is 338. The zero-order valence-electron chi connectivity index (χ0n) is 9.06. The van der Waals surface area contributed by atoms with Gasteiger partial charge < -0.3 is 15.7 Å². The number of aliphatic hydroxyl groups is 1. The third-order valence-corrected chi connectivity index (χ3v) is 3.18. The van der Waals surface area contributed by atoms with E-state index in [9.17, 15) is 5.11 Å². The minimum Gasteiger partial charge on any atom is -0.397 e. The van der Waals surface area contributed by atoms with Gasteiger partial charge in [0.15, 0.2) is 0 Å². The van der Waals surface area contributed by atoms with Crippen LogP contribution in [0.4, 0.5) is 11.4 Å². The molecule has 3 nitrogen and oxygen atoms in total. The van der Waals surface area contributed by atoms with Crippen molar-refractivity contribution in [2.45, 2.75) is 19.4 Å². The Balaban J connectivity index is 2.11. The molecule has 0 spiro atoms. The van der Waals surface area contributed by atoms with E-state index < -0.39 is 0 Å². The molecule has 1 aliphatic rings. The zero-order valence-corrected chi connectivity index (χ0v) is 9.06. The lowest BCUT2D eigenvalue weighted by molar-refractivity contribution is 0.136. The van der Waals surface area contributed by atoms with Gasteiger partial charge in [-0.3, -0.25) is 0 Å². The van der Waals surface area contributed by atoms with Crippen LogP contribution in [0.5, 0.6) is 0 Å². The molecule has 2 unspecified atom stereocenters. The molecule has 0 aromatic heterocycles. The average molecular weight is 206 g/mol. The van der Waals surface area contributed by atoms with Crippen LogP contribution >= 0.6 is 0 Å². The molecular weight excluding hydrogens is 188 g/mol. The van der Waals surface area contributed by atoms with Gasteiger partial charge in [0, 0.05) is 19.0 Å². The Hall–Kier alpha value is -1.22. The van der Waals surface area contributed by atoms with Gasteiger partial charge in [-0.25, -0.2) is 0 Å². The average Bonchev–Trinajstić information content (AvgIpc) is 2.67. The molecule has 3 N–H and O–H groups in total. The van der Waals surface area contributed by atoms with Gasteiger partial charge in [-0.15, -0.1) is 0 Å². The number of rotatable bonds is 2. The van der Waals surface area contributed by atoms with E-state index >= 15 is 0 Å². The van der Waals surface area contributed by atoms with Gasteiger partial charge in [0.25, 0.3) is 0 Å². The molecule has 0 bridgehead atoms. The second-order valence-electron chi connectivity index (χ2n) is 4.29. The van der Waals surface area contributed by atoms with E-state index in [0.29, 0.717) is 5.92 Å². The second kappa shape index (κ2) is 4.11. The molecule has 1 aromatic carbocycles. The summed E-state index contributed by atoms with van der Waals surface area (Å²) in [5, 5.41) is 9.53. The van der Waals surface area contributed by atoms with Gasteiger partial charge in [-0.05, 0) is 25.5 Å². The highest BCUT2D eigenvalue weighted by atomic mass is 16.3. The van der Waals surface area contributed by atoms with E-state index in [0.717, 1.165) is 30.9 Å². The maximum atomic E-state index is 9.53. The molecule has 82 valence electrons. The van der Waals surface area contributed by atoms with E-state index in [-0.39, 0.29) is 6.10 Å². The standard InChI is InChI=1S/C12H18N2O/c1-9(15)10-6-7-14(8-10)12-5-3-2-4-11(12)13/h2-5,9-10,15H,6-8,13H2,1H3. The highest BCUT2D eigenvalue weighted by molar-refractivity contribution is 5.67. The van der Waals surface area contributed by atoms with Crippen molar-refractivity contribution in [3.05, 3.63) is 24.3 Å². The molecular formula is C12H18N2O. The number of benzene rings is 1. The first-order chi connectivity index (χ1) is 7.18. The normalized spacial score (nSPS) is 23.1. The van der Waals surface area contributed by atoms with Gasteiger partial charge in [-0.2, -0.15) is 0 Å².